The molecule has 23 heavy (non-hydrogen) atoms. The van der Waals surface area contributed by atoms with E-state index in [-0.39, 0.29) is 11.7 Å². The fourth-order valence-electron chi connectivity index (χ4n) is 2.75. The summed E-state index contributed by atoms with van der Waals surface area (Å²) in [6, 6.07) is 0. The molecular weight excluding hydrogens is 310 g/mol. The Morgan fingerprint density at radius 1 is 1.35 bits per heavy atom. The van der Waals surface area contributed by atoms with Crippen LogP contribution in [0.15, 0.2) is 12.7 Å². The Bertz CT molecular complexity index is 430. The smallest absolute Gasteiger partial charge is 0.410 e. The van der Waals surface area contributed by atoms with Crippen LogP contribution in [0.2, 0.25) is 0 Å². The quantitative estimate of drug-likeness (QED) is 0.500. The fraction of sp³-hybridized carbons (Fsp3) is 0.778. The molecule has 0 bridgehead atoms. The van der Waals surface area contributed by atoms with Gasteiger partial charge in [0.2, 0.25) is 5.12 Å². The molecule has 0 aromatic rings. The van der Waals surface area contributed by atoms with E-state index in [2.05, 4.69) is 27.4 Å². The number of unbranched alkanes of at least 4 members (excludes halogenated alkanes) is 1. The minimum Gasteiger partial charge on any atom is -0.445 e. The van der Waals surface area contributed by atoms with Gasteiger partial charge < -0.3 is 4.74 Å². The predicted octanol–water partition coefficient (Wildman–Crippen LogP) is 4.64. The summed E-state index contributed by atoms with van der Waals surface area (Å²) in [4.78, 5) is 26.3. The molecule has 4 nitrogen and oxygen atoms in total. The minimum absolute atomic E-state index is 0.0845. The highest BCUT2D eigenvalue weighted by molar-refractivity contribution is 8.13. The molecule has 1 fully saturated rings. The third-order valence-corrected chi connectivity index (χ3v) is 5.37. The van der Waals surface area contributed by atoms with E-state index in [0.717, 1.165) is 25.0 Å². The number of carbonyl (C=O) groups excluding carboxylic acids is 2. The van der Waals surface area contributed by atoms with E-state index in [4.69, 9.17) is 4.74 Å². The van der Waals surface area contributed by atoms with E-state index < -0.39 is 11.6 Å². The van der Waals surface area contributed by atoms with Crippen molar-refractivity contribution in [3.63, 3.8) is 0 Å². The Kier molecular flexibility index (Phi) is 7.65. The number of thioether (sulfide) groups is 1. The molecule has 0 saturated carbocycles. The molecule has 1 amide bonds. The Morgan fingerprint density at radius 3 is 2.65 bits per heavy atom. The number of rotatable bonds is 7. The number of hydrogen-bond donors (Lipinski definition) is 0. The molecule has 0 radical (unpaired) electrons. The van der Waals surface area contributed by atoms with Crippen LogP contribution in [-0.4, -0.2) is 40.6 Å². The first kappa shape index (κ1) is 20.1. The van der Waals surface area contributed by atoms with Crippen LogP contribution in [0.1, 0.15) is 59.8 Å². The molecule has 1 aliphatic heterocycles. The van der Waals surface area contributed by atoms with Crippen molar-refractivity contribution in [2.75, 3.05) is 18.9 Å². The lowest BCUT2D eigenvalue weighted by Crippen LogP contribution is -2.50. The Balaban J connectivity index is 2.46. The van der Waals surface area contributed by atoms with E-state index >= 15 is 0 Å². The van der Waals surface area contributed by atoms with Gasteiger partial charge in [0.05, 0.1) is 0 Å². The van der Waals surface area contributed by atoms with Gasteiger partial charge in [0.25, 0.3) is 0 Å². The topological polar surface area (TPSA) is 46.6 Å². The first-order chi connectivity index (χ1) is 10.7. The number of ether oxygens (including phenoxy) is 1. The van der Waals surface area contributed by atoms with Gasteiger partial charge in [-0.15, -0.1) is 0 Å². The van der Waals surface area contributed by atoms with Crippen molar-refractivity contribution >= 4 is 23.0 Å². The lowest BCUT2D eigenvalue weighted by molar-refractivity contribution is -0.119. The number of hydrogen-bond acceptors (Lipinski definition) is 4. The molecule has 0 aromatic carbocycles. The standard InChI is InChI=1S/C18H31NO3S/c1-6-13-22-16(21)19-12-9-11-18(19,5)15(20)23-14-8-7-10-17(2,3)4/h6H,1,7-14H2,2-5H3. The molecule has 0 spiro atoms. The van der Waals surface area contributed by atoms with Gasteiger partial charge in [-0.25, -0.2) is 4.79 Å². The van der Waals surface area contributed by atoms with Crippen molar-refractivity contribution in [2.45, 2.75) is 65.3 Å². The summed E-state index contributed by atoms with van der Waals surface area (Å²) < 4.78 is 5.11. The molecule has 132 valence electrons. The molecule has 1 unspecified atom stereocenters. The molecular formula is C18H31NO3S. The lowest BCUT2D eigenvalue weighted by Gasteiger charge is -2.32. The highest BCUT2D eigenvalue weighted by atomic mass is 32.2. The second kappa shape index (κ2) is 8.76. The first-order valence-electron chi connectivity index (χ1n) is 8.43. The van der Waals surface area contributed by atoms with Gasteiger partial charge in [-0.05, 0) is 38.0 Å². The van der Waals surface area contributed by atoms with Gasteiger partial charge in [-0.2, -0.15) is 0 Å². The van der Waals surface area contributed by atoms with E-state index in [9.17, 15) is 9.59 Å². The van der Waals surface area contributed by atoms with Gasteiger partial charge >= 0.3 is 6.09 Å². The van der Waals surface area contributed by atoms with Crippen LogP contribution >= 0.6 is 11.8 Å². The van der Waals surface area contributed by atoms with Crippen LogP contribution in [-0.2, 0) is 9.53 Å². The van der Waals surface area contributed by atoms with Gasteiger partial charge in [-0.1, -0.05) is 51.6 Å². The number of amides is 1. The third kappa shape index (κ3) is 6.21. The van der Waals surface area contributed by atoms with Crippen molar-refractivity contribution in [3.8, 4) is 0 Å². The maximum absolute atomic E-state index is 12.6. The van der Waals surface area contributed by atoms with Crippen LogP contribution in [0.25, 0.3) is 0 Å². The molecule has 0 N–H and O–H groups in total. The van der Waals surface area contributed by atoms with E-state index in [1.165, 1.54) is 24.3 Å². The molecule has 1 aliphatic rings. The molecule has 0 aliphatic carbocycles. The van der Waals surface area contributed by atoms with Gasteiger partial charge in [0.15, 0.2) is 0 Å². The second-order valence-electron chi connectivity index (χ2n) is 7.55. The lowest BCUT2D eigenvalue weighted by atomic mass is 9.90. The van der Waals surface area contributed by atoms with Crippen molar-refractivity contribution in [2.24, 2.45) is 5.41 Å². The van der Waals surface area contributed by atoms with Crippen molar-refractivity contribution in [3.05, 3.63) is 12.7 Å². The van der Waals surface area contributed by atoms with Crippen molar-refractivity contribution in [1.29, 1.82) is 0 Å². The molecule has 1 rings (SSSR count). The van der Waals surface area contributed by atoms with Crippen LogP contribution in [0.4, 0.5) is 4.79 Å². The van der Waals surface area contributed by atoms with Crippen molar-refractivity contribution in [1.82, 2.24) is 4.90 Å². The molecule has 1 atom stereocenters. The maximum Gasteiger partial charge on any atom is 0.410 e. The first-order valence-corrected chi connectivity index (χ1v) is 9.42. The zero-order valence-corrected chi connectivity index (χ0v) is 15.8. The average molecular weight is 342 g/mol. The molecule has 1 heterocycles. The Morgan fingerprint density at radius 2 is 2.04 bits per heavy atom. The third-order valence-electron chi connectivity index (χ3n) is 4.18. The zero-order valence-electron chi connectivity index (χ0n) is 15.0. The minimum atomic E-state index is -0.729. The Hall–Kier alpha value is -0.970. The van der Waals surface area contributed by atoms with Crippen molar-refractivity contribution < 1.29 is 14.3 Å². The average Bonchev–Trinajstić information content (AvgIpc) is 2.86. The zero-order chi connectivity index (χ0) is 17.5. The summed E-state index contributed by atoms with van der Waals surface area (Å²) in [6.45, 7) is 12.9. The second-order valence-corrected chi connectivity index (χ2v) is 8.62. The van der Waals surface area contributed by atoms with Crippen LogP contribution in [0.3, 0.4) is 0 Å². The normalized spacial score (nSPS) is 21.3. The summed E-state index contributed by atoms with van der Waals surface area (Å²) in [6.07, 6.45) is 6.01. The van der Waals surface area contributed by atoms with Crippen LogP contribution in [0.5, 0.6) is 0 Å². The van der Waals surface area contributed by atoms with Gasteiger partial charge in [0.1, 0.15) is 12.1 Å². The number of nitrogens with zero attached hydrogens (tertiary/aromatic N) is 1. The summed E-state index contributed by atoms with van der Waals surface area (Å²) in [5.41, 5.74) is -0.384. The highest BCUT2D eigenvalue weighted by Crippen LogP contribution is 2.34. The molecule has 0 aromatic heterocycles. The predicted molar refractivity (Wildman–Crippen MR) is 96.7 cm³/mol. The SMILES string of the molecule is C=CCOC(=O)N1CCCC1(C)C(=O)SCCCCC(C)(C)C. The van der Waals surface area contributed by atoms with E-state index in [1.54, 1.807) is 4.90 Å². The maximum atomic E-state index is 12.6. The summed E-state index contributed by atoms with van der Waals surface area (Å²) in [5.74, 6) is 0.819. The molecule has 5 heteroatoms. The largest absolute Gasteiger partial charge is 0.445 e. The van der Waals surface area contributed by atoms with E-state index in [1.807, 2.05) is 6.92 Å². The Labute approximate surface area is 145 Å². The monoisotopic (exact) mass is 341 g/mol. The summed E-state index contributed by atoms with van der Waals surface area (Å²) in [7, 11) is 0. The summed E-state index contributed by atoms with van der Waals surface area (Å²) in [5, 5.41) is 0.0845. The molecule has 1 saturated heterocycles. The van der Waals surface area contributed by atoms with E-state index in [0.29, 0.717) is 18.4 Å². The van der Waals surface area contributed by atoms with Crippen LogP contribution < -0.4 is 0 Å². The fourth-order valence-corrected chi connectivity index (χ4v) is 3.81. The van der Waals surface area contributed by atoms with Gasteiger partial charge in [-0.3, -0.25) is 9.69 Å². The van der Waals surface area contributed by atoms with Gasteiger partial charge in [0, 0.05) is 12.3 Å². The highest BCUT2D eigenvalue weighted by Gasteiger charge is 2.46. The number of likely N-dealkylation sites (tertiary alicyclic amines) is 1. The summed E-state index contributed by atoms with van der Waals surface area (Å²) >= 11 is 1.36. The number of carbonyl (C=O) groups is 2. The van der Waals surface area contributed by atoms with Crippen LogP contribution in [0, 0.1) is 5.41 Å².